The Bertz CT molecular complexity index is 591. The quantitative estimate of drug-likeness (QED) is 0.861. The lowest BCUT2D eigenvalue weighted by molar-refractivity contribution is -0.133. The number of nitrogens with zero attached hydrogens (tertiary/aromatic N) is 2. The Morgan fingerprint density at radius 3 is 2.87 bits per heavy atom. The third-order valence-corrected chi connectivity index (χ3v) is 4.02. The molecular formula is C16H21ClN2O4. The normalized spacial score (nSPS) is 17.6. The molecule has 2 rings (SSSR count). The first-order valence-electron chi connectivity index (χ1n) is 7.69. The first kappa shape index (κ1) is 17.5. The van der Waals surface area contributed by atoms with Crippen LogP contribution in [-0.2, 0) is 4.79 Å². The second-order valence-electron chi connectivity index (χ2n) is 6.11. The summed E-state index contributed by atoms with van der Waals surface area (Å²) in [5.74, 6) is -0.428. The van der Waals surface area contributed by atoms with Gasteiger partial charge < -0.3 is 14.7 Å². The number of amides is 1. The van der Waals surface area contributed by atoms with Crippen molar-refractivity contribution in [1.29, 1.82) is 0 Å². The van der Waals surface area contributed by atoms with Gasteiger partial charge in [0.2, 0.25) is 11.8 Å². The van der Waals surface area contributed by atoms with Crippen molar-refractivity contribution in [2.45, 2.75) is 39.2 Å². The Kier molecular flexibility index (Phi) is 5.82. The molecule has 0 radical (unpaired) electrons. The van der Waals surface area contributed by atoms with Gasteiger partial charge in [0.05, 0.1) is 11.6 Å². The van der Waals surface area contributed by atoms with Gasteiger partial charge in [0.25, 0.3) is 0 Å². The van der Waals surface area contributed by atoms with Crippen LogP contribution < -0.4 is 4.74 Å². The van der Waals surface area contributed by atoms with Gasteiger partial charge in [-0.05, 0) is 24.8 Å². The number of rotatable bonds is 6. The van der Waals surface area contributed by atoms with E-state index >= 15 is 0 Å². The summed E-state index contributed by atoms with van der Waals surface area (Å²) < 4.78 is 5.61. The largest absolute Gasteiger partial charge is 0.478 e. The van der Waals surface area contributed by atoms with Crippen molar-refractivity contribution in [2.75, 3.05) is 13.2 Å². The number of hydrogen-bond donors (Lipinski definition) is 1. The van der Waals surface area contributed by atoms with Crippen LogP contribution in [0.4, 0.5) is 0 Å². The van der Waals surface area contributed by atoms with Crippen molar-refractivity contribution in [1.82, 2.24) is 9.88 Å². The molecule has 126 valence electrons. The first-order valence-corrected chi connectivity index (χ1v) is 8.07. The highest BCUT2D eigenvalue weighted by Crippen LogP contribution is 2.25. The summed E-state index contributed by atoms with van der Waals surface area (Å²) in [6, 6.07) is 1.32. The molecule has 1 aromatic heterocycles. The van der Waals surface area contributed by atoms with Crippen LogP contribution in [0.5, 0.6) is 5.88 Å². The molecule has 0 bridgehead atoms. The van der Waals surface area contributed by atoms with E-state index in [1.807, 2.05) is 18.7 Å². The van der Waals surface area contributed by atoms with E-state index in [2.05, 4.69) is 4.98 Å². The van der Waals surface area contributed by atoms with E-state index < -0.39 is 5.97 Å². The van der Waals surface area contributed by atoms with Gasteiger partial charge in [0.1, 0.15) is 11.6 Å². The molecule has 7 heteroatoms. The average molecular weight is 341 g/mol. The van der Waals surface area contributed by atoms with Gasteiger partial charge in [-0.25, -0.2) is 9.78 Å². The predicted octanol–water partition coefficient (Wildman–Crippen LogP) is 2.85. The molecule has 6 nitrogen and oxygen atoms in total. The minimum Gasteiger partial charge on any atom is -0.478 e. The van der Waals surface area contributed by atoms with Gasteiger partial charge >= 0.3 is 5.97 Å². The number of carbonyl (C=O) groups is 2. The number of pyridine rings is 1. The SMILES string of the molecule is CC(C)CC(=O)N1CCCC1COc1ncc(C(=O)O)cc1Cl. The minimum absolute atomic E-state index is 0.0111. The molecule has 1 aromatic rings. The number of halogens is 1. The fourth-order valence-corrected chi connectivity index (χ4v) is 2.85. The summed E-state index contributed by atoms with van der Waals surface area (Å²) in [5.41, 5.74) is 0.0111. The zero-order valence-electron chi connectivity index (χ0n) is 13.3. The van der Waals surface area contributed by atoms with E-state index in [1.165, 1.54) is 12.3 Å². The molecule has 0 aliphatic carbocycles. The van der Waals surface area contributed by atoms with E-state index in [0.29, 0.717) is 18.9 Å². The van der Waals surface area contributed by atoms with Crippen LogP contribution in [0.3, 0.4) is 0 Å². The molecule has 1 atom stereocenters. The van der Waals surface area contributed by atoms with Crippen molar-refractivity contribution in [3.8, 4) is 5.88 Å². The van der Waals surface area contributed by atoms with E-state index in [0.717, 1.165) is 19.4 Å². The zero-order chi connectivity index (χ0) is 17.0. The lowest BCUT2D eigenvalue weighted by Gasteiger charge is -2.25. The van der Waals surface area contributed by atoms with Crippen molar-refractivity contribution in [3.05, 3.63) is 22.8 Å². The molecule has 1 amide bonds. The fourth-order valence-electron chi connectivity index (χ4n) is 2.63. The third kappa shape index (κ3) is 4.58. The Hall–Kier alpha value is -1.82. The Morgan fingerprint density at radius 1 is 1.52 bits per heavy atom. The highest BCUT2D eigenvalue weighted by molar-refractivity contribution is 6.32. The van der Waals surface area contributed by atoms with Gasteiger partial charge in [0.15, 0.2) is 0 Å². The molecule has 2 heterocycles. The van der Waals surface area contributed by atoms with Crippen LogP contribution in [0.15, 0.2) is 12.3 Å². The Balaban J connectivity index is 1.97. The average Bonchev–Trinajstić information content (AvgIpc) is 2.93. The molecule has 23 heavy (non-hydrogen) atoms. The number of likely N-dealkylation sites (tertiary alicyclic amines) is 1. The number of aromatic carboxylic acids is 1. The molecule has 1 N–H and O–H groups in total. The molecule has 1 unspecified atom stereocenters. The second-order valence-corrected chi connectivity index (χ2v) is 6.52. The van der Waals surface area contributed by atoms with Gasteiger partial charge in [-0.15, -0.1) is 0 Å². The van der Waals surface area contributed by atoms with Crippen molar-refractivity contribution in [3.63, 3.8) is 0 Å². The molecule has 0 spiro atoms. The summed E-state index contributed by atoms with van der Waals surface area (Å²) >= 11 is 6.00. The summed E-state index contributed by atoms with van der Waals surface area (Å²) in [5, 5.41) is 9.04. The number of carboxylic acid groups (broad SMARTS) is 1. The number of carbonyl (C=O) groups excluding carboxylic acids is 1. The number of hydrogen-bond acceptors (Lipinski definition) is 4. The van der Waals surface area contributed by atoms with E-state index in [9.17, 15) is 9.59 Å². The highest BCUT2D eigenvalue weighted by atomic mass is 35.5. The van der Waals surface area contributed by atoms with Crippen LogP contribution in [0.25, 0.3) is 0 Å². The minimum atomic E-state index is -1.09. The van der Waals surface area contributed by atoms with Gasteiger partial charge in [-0.3, -0.25) is 4.79 Å². The van der Waals surface area contributed by atoms with E-state index in [1.54, 1.807) is 0 Å². The van der Waals surface area contributed by atoms with Crippen molar-refractivity contribution in [2.24, 2.45) is 5.92 Å². The number of ether oxygens (including phenoxy) is 1. The summed E-state index contributed by atoms with van der Waals surface area (Å²) in [7, 11) is 0. The molecule has 1 aliphatic rings. The topological polar surface area (TPSA) is 79.7 Å². The maximum absolute atomic E-state index is 12.2. The molecule has 1 aliphatic heterocycles. The molecule has 1 saturated heterocycles. The predicted molar refractivity (Wildman–Crippen MR) is 85.9 cm³/mol. The molecule has 1 fully saturated rings. The van der Waals surface area contributed by atoms with Crippen LogP contribution in [0.1, 0.15) is 43.5 Å². The Morgan fingerprint density at radius 2 is 2.26 bits per heavy atom. The van der Waals surface area contributed by atoms with Gasteiger partial charge in [-0.1, -0.05) is 25.4 Å². The van der Waals surface area contributed by atoms with Crippen molar-refractivity contribution >= 4 is 23.5 Å². The second kappa shape index (κ2) is 7.64. The first-order chi connectivity index (χ1) is 10.9. The number of carboxylic acids is 1. The van der Waals surface area contributed by atoms with Crippen LogP contribution in [0, 0.1) is 5.92 Å². The van der Waals surface area contributed by atoms with Gasteiger partial charge in [-0.2, -0.15) is 0 Å². The standard InChI is InChI=1S/C16H21ClN2O4/c1-10(2)6-14(20)19-5-3-4-12(19)9-23-15-13(17)7-11(8-18-15)16(21)22/h7-8,10,12H,3-6,9H2,1-2H3,(H,21,22). The lowest BCUT2D eigenvalue weighted by atomic mass is 10.1. The summed E-state index contributed by atoms with van der Waals surface area (Å²) in [4.78, 5) is 28.9. The third-order valence-electron chi connectivity index (χ3n) is 3.75. The molecule has 0 saturated carbocycles. The maximum atomic E-state index is 12.2. The smallest absolute Gasteiger partial charge is 0.337 e. The summed E-state index contributed by atoms with van der Waals surface area (Å²) in [6.07, 6.45) is 3.58. The zero-order valence-corrected chi connectivity index (χ0v) is 14.0. The lowest BCUT2D eigenvalue weighted by Crippen LogP contribution is -2.39. The highest BCUT2D eigenvalue weighted by Gasteiger charge is 2.29. The molecule has 0 aromatic carbocycles. The van der Waals surface area contributed by atoms with Crippen LogP contribution in [0.2, 0.25) is 5.02 Å². The maximum Gasteiger partial charge on any atom is 0.337 e. The molecular weight excluding hydrogens is 320 g/mol. The van der Waals surface area contributed by atoms with Crippen molar-refractivity contribution < 1.29 is 19.4 Å². The van der Waals surface area contributed by atoms with Crippen LogP contribution >= 0.6 is 11.6 Å². The van der Waals surface area contributed by atoms with E-state index in [4.69, 9.17) is 21.4 Å². The number of aromatic nitrogens is 1. The monoisotopic (exact) mass is 340 g/mol. The van der Waals surface area contributed by atoms with Crippen LogP contribution in [-0.4, -0.2) is 46.1 Å². The summed E-state index contributed by atoms with van der Waals surface area (Å²) in [6.45, 7) is 5.10. The van der Waals surface area contributed by atoms with E-state index in [-0.39, 0.29) is 28.4 Å². The Labute approximate surface area is 140 Å². The fraction of sp³-hybridized carbons (Fsp3) is 0.562. The van der Waals surface area contributed by atoms with Gasteiger partial charge in [0, 0.05) is 19.2 Å².